The van der Waals surface area contributed by atoms with Gasteiger partial charge in [-0.1, -0.05) is 47.1 Å². The van der Waals surface area contributed by atoms with Gasteiger partial charge >= 0.3 is 6.03 Å². The highest BCUT2D eigenvalue weighted by molar-refractivity contribution is 7.98. The second-order valence-corrected chi connectivity index (χ2v) is 9.44. The number of hydrogen-bond donors (Lipinski definition) is 2. The van der Waals surface area contributed by atoms with Crippen LogP contribution in [0.15, 0.2) is 65.8 Å². The summed E-state index contributed by atoms with van der Waals surface area (Å²) in [5.74, 6) is 1.72. The summed E-state index contributed by atoms with van der Waals surface area (Å²) in [6, 6.07) is 15.8. The summed E-state index contributed by atoms with van der Waals surface area (Å²) in [5.41, 5.74) is 1.96. The summed E-state index contributed by atoms with van der Waals surface area (Å²) < 4.78 is 25.5. The van der Waals surface area contributed by atoms with Crippen molar-refractivity contribution >= 4 is 46.7 Å². The highest BCUT2D eigenvalue weighted by Gasteiger charge is 2.18. The maximum Gasteiger partial charge on any atom is 0.319 e. The van der Waals surface area contributed by atoms with Crippen LogP contribution in [0, 0.1) is 5.82 Å². The Hall–Kier alpha value is -3.47. The largest absolute Gasteiger partial charge is 0.497 e. The van der Waals surface area contributed by atoms with Crippen LogP contribution in [0.3, 0.4) is 0 Å². The van der Waals surface area contributed by atoms with E-state index in [-0.39, 0.29) is 12.4 Å². The van der Waals surface area contributed by atoms with E-state index >= 15 is 0 Å². The van der Waals surface area contributed by atoms with Gasteiger partial charge in [-0.05, 0) is 35.9 Å². The molecule has 0 radical (unpaired) electrons. The van der Waals surface area contributed by atoms with E-state index in [2.05, 4.69) is 20.8 Å². The lowest BCUT2D eigenvalue weighted by atomic mass is 10.2. The molecular weight excluding hydrogens is 540 g/mol. The lowest BCUT2D eigenvalue weighted by Gasteiger charge is -2.14. The molecule has 2 amide bonds. The van der Waals surface area contributed by atoms with E-state index in [9.17, 15) is 9.18 Å². The van der Waals surface area contributed by atoms with Crippen molar-refractivity contribution in [3.8, 4) is 17.2 Å². The fraction of sp³-hybridized carbons (Fsp3) is 0.160. The van der Waals surface area contributed by atoms with E-state index in [4.69, 9.17) is 32.7 Å². The molecule has 2 N–H and O–H groups in total. The average molecular weight is 562 g/mol. The SMILES string of the molecule is COc1cc(NC(=O)NCc2nnc(SCc3ccc(F)cc3)n2-c2cc(Cl)ccc2Cl)cc(OC)c1. The number of nitrogens with zero attached hydrogens (tertiary/aromatic N) is 3. The highest BCUT2D eigenvalue weighted by Crippen LogP contribution is 2.31. The van der Waals surface area contributed by atoms with Gasteiger partial charge in [0.05, 0.1) is 31.5 Å². The summed E-state index contributed by atoms with van der Waals surface area (Å²) >= 11 is 14.1. The normalized spacial score (nSPS) is 10.7. The molecule has 4 rings (SSSR count). The standard InChI is InChI=1S/C25H22Cl2FN5O3S/c1-35-19-10-18(11-20(12-19)36-2)30-24(34)29-13-23-31-32-25(37-14-15-3-6-17(28)7-4-15)33(23)22-9-16(26)5-8-21(22)27/h3-12H,13-14H2,1-2H3,(H2,29,30,34). The van der Waals surface area contributed by atoms with Crippen LogP contribution < -0.4 is 20.1 Å². The molecule has 4 aromatic rings. The summed E-state index contributed by atoms with van der Waals surface area (Å²) in [5, 5.41) is 15.5. The summed E-state index contributed by atoms with van der Waals surface area (Å²) in [6.45, 7) is 0.0416. The van der Waals surface area contributed by atoms with Crippen LogP contribution in [-0.4, -0.2) is 35.0 Å². The number of thioether (sulfide) groups is 1. The van der Waals surface area contributed by atoms with Crippen LogP contribution in [0.2, 0.25) is 10.0 Å². The number of aromatic nitrogens is 3. The minimum Gasteiger partial charge on any atom is -0.497 e. The minimum atomic E-state index is -0.470. The van der Waals surface area contributed by atoms with Gasteiger partial charge in [0.25, 0.3) is 0 Å². The molecule has 0 saturated carbocycles. The fourth-order valence-corrected chi connectivity index (χ4v) is 4.64. The Morgan fingerprint density at radius 3 is 2.38 bits per heavy atom. The van der Waals surface area contributed by atoms with Crippen LogP contribution in [0.1, 0.15) is 11.4 Å². The number of carbonyl (C=O) groups excluding carboxylic acids is 1. The molecule has 1 heterocycles. The van der Waals surface area contributed by atoms with Gasteiger partial charge in [-0.25, -0.2) is 9.18 Å². The predicted molar refractivity (Wildman–Crippen MR) is 143 cm³/mol. The Labute approximate surface area is 227 Å². The number of hydrogen-bond acceptors (Lipinski definition) is 6. The second-order valence-electron chi connectivity index (χ2n) is 7.65. The van der Waals surface area contributed by atoms with E-state index in [0.717, 1.165) is 5.56 Å². The molecule has 3 aromatic carbocycles. The molecule has 0 bridgehead atoms. The Balaban J connectivity index is 1.54. The van der Waals surface area contributed by atoms with Crippen molar-refractivity contribution in [3.63, 3.8) is 0 Å². The van der Waals surface area contributed by atoms with Gasteiger partial charge in [-0.2, -0.15) is 0 Å². The number of urea groups is 1. The van der Waals surface area contributed by atoms with E-state index in [1.165, 1.54) is 38.1 Å². The van der Waals surface area contributed by atoms with Crippen molar-refractivity contribution < 1.29 is 18.7 Å². The van der Waals surface area contributed by atoms with Crippen LogP contribution in [0.4, 0.5) is 14.9 Å². The minimum absolute atomic E-state index is 0.0416. The van der Waals surface area contributed by atoms with Crippen LogP contribution in [-0.2, 0) is 12.3 Å². The van der Waals surface area contributed by atoms with Gasteiger partial charge in [0, 0.05) is 34.7 Å². The fourth-order valence-electron chi connectivity index (χ4n) is 3.35. The number of carbonyl (C=O) groups is 1. The molecule has 0 aliphatic rings. The molecule has 0 saturated heterocycles. The van der Waals surface area contributed by atoms with Gasteiger partial charge in [0.2, 0.25) is 0 Å². The smallest absolute Gasteiger partial charge is 0.319 e. The first-order valence-corrected chi connectivity index (χ1v) is 12.7. The van der Waals surface area contributed by atoms with Crippen molar-refractivity contribution in [1.82, 2.24) is 20.1 Å². The monoisotopic (exact) mass is 561 g/mol. The zero-order chi connectivity index (χ0) is 26.4. The van der Waals surface area contributed by atoms with Gasteiger partial charge in [0.15, 0.2) is 11.0 Å². The third kappa shape index (κ3) is 6.85. The highest BCUT2D eigenvalue weighted by atomic mass is 35.5. The number of amides is 2. The van der Waals surface area contributed by atoms with Gasteiger partial charge < -0.3 is 20.1 Å². The van der Waals surface area contributed by atoms with Crippen molar-refractivity contribution in [1.29, 1.82) is 0 Å². The van der Waals surface area contributed by atoms with Crippen molar-refractivity contribution in [2.75, 3.05) is 19.5 Å². The molecular formula is C25H22Cl2FN5O3S. The number of anilines is 1. The molecule has 0 atom stereocenters. The zero-order valence-electron chi connectivity index (χ0n) is 19.8. The summed E-state index contributed by atoms with van der Waals surface area (Å²) in [6.07, 6.45) is 0. The van der Waals surface area contributed by atoms with Crippen LogP contribution in [0.5, 0.6) is 11.5 Å². The average Bonchev–Trinajstić information content (AvgIpc) is 3.30. The van der Waals surface area contributed by atoms with Gasteiger partial charge in [0.1, 0.15) is 17.3 Å². The molecule has 8 nitrogen and oxygen atoms in total. The first kappa shape index (κ1) is 26.6. The molecule has 0 unspecified atom stereocenters. The molecule has 192 valence electrons. The first-order valence-electron chi connectivity index (χ1n) is 10.9. The predicted octanol–water partition coefficient (Wildman–Crippen LogP) is 6.34. The van der Waals surface area contributed by atoms with E-state index < -0.39 is 6.03 Å². The van der Waals surface area contributed by atoms with Crippen molar-refractivity contribution in [2.24, 2.45) is 0 Å². The lowest BCUT2D eigenvalue weighted by Crippen LogP contribution is -2.29. The number of nitrogens with one attached hydrogen (secondary N) is 2. The lowest BCUT2D eigenvalue weighted by molar-refractivity contribution is 0.251. The van der Waals surface area contributed by atoms with Crippen LogP contribution in [0.25, 0.3) is 5.69 Å². The van der Waals surface area contributed by atoms with Gasteiger partial charge in [-0.15, -0.1) is 10.2 Å². The Kier molecular flexibility index (Phi) is 8.75. The third-order valence-electron chi connectivity index (χ3n) is 5.15. The quantitative estimate of drug-likeness (QED) is 0.231. The van der Waals surface area contributed by atoms with Gasteiger partial charge in [-0.3, -0.25) is 4.57 Å². The van der Waals surface area contributed by atoms with E-state index in [1.807, 2.05) is 0 Å². The summed E-state index contributed by atoms with van der Waals surface area (Å²) in [7, 11) is 3.05. The molecule has 1 aromatic heterocycles. The number of ether oxygens (including phenoxy) is 2. The number of rotatable bonds is 9. The van der Waals surface area contributed by atoms with E-state index in [1.54, 1.807) is 53.1 Å². The maximum absolute atomic E-state index is 13.3. The third-order valence-corrected chi connectivity index (χ3v) is 6.70. The second kappa shape index (κ2) is 12.2. The van der Waals surface area contributed by atoms with Crippen molar-refractivity contribution in [2.45, 2.75) is 17.5 Å². The number of benzene rings is 3. The number of methoxy groups -OCH3 is 2. The molecule has 0 aliphatic heterocycles. The topological polar surface area (TPSA) is 90.3 Å². The Morgan fingerprint density at radius 2 is 1.70 bits per heavy atom. The first-order chi connectivity index (χ1) is 17.9. The molecule has 0 fully saturated rings. The molecule has 0 aliphatic carbocycles. The Morgan fingerprint density at radius 1 is 1.00 bits per heavy atom. The maximum atomic E-state index is 13.3. The van der Waals surface area contributed by atoms with Crippen LogP contribution >= 0.6 is 35.0 Å². The molecule has 12 heteroatoms. The molecule has 37 heavy (non-hydrogen) atoms. The summed E-state index contributed by atoms with van der Waals surface area (Å²) in [4.78, 5) is 12.7. The van der Waals surface area contributed by atoms with E-state index in [0.29, 0.717) is 49.7 Å². The van der Waals surface area contributed by atoms with Crippen molar-refractivity contribution in [3.05, 3.63) is 87.9 Å². The number of halogens is 3. The molecule has 0 spiro atoms. The Bertz CT molecular complexity index is 1380. The zero-order valence-corrected chi connectivity index (χ0v) is 22.1.